The summed E-state index contributed by atoms with van der Waals surface area (Å²) in [6.07, 6.45) is -10.2. The molecule has 0 bridgehead atoms. The lowest BCUT2D eigenvalue weighted by Gasteiger charge is -2.20. The highest BCUT2D eigenvalue weighted by Gasteiger charge is 2.42. The first-order valence-electron chi connectivity index (χ1n) is 5.14. The molecule has 11 heteroatoms. The number of halogens is 6. The minimum Gasteiger partial charge on any atom is -0.507 e. The fraction of sp³-hybridized carbons (Fsp3) is 0.400. The standard InChI is InChI=1S/C10H8F6O4S/c1-4(9(11,12)13)5-2-6(10(14,15)16)7(17)3-8(5)21(18,19)20/h2-4,17H,1H3,(H,18,19,20). The second-order valence-electron chi connectivity index (χ2n) is 4.14. The van der Waals surface area contributed by atoms with Crippen LogP contribution in [0, 0.1) is 0 Å². The van der Waals surface area contributed by atoms with Gasteiger partial charge in [0.15, 0.2) is 0 Å². The molecule has 0 radical (unpaired) electrons. The summed E-state index contributed by atoms with van der Waals surface area (Å²) in [5.74, 6) is -4.20. The van der Waals surface area contributed by atoms with Gasteiger partial charge in [0.2, 0.25) is 0 Å². The van der Waals surface area contributed by atoms with Gasteiger partial charge in [0, 0.05) is 6.07 Å². The average molecular weight is 338 g/mol. The Bertz CT molecular complexity index is 647. The maximum atomic E-state index is 12.6. The van der Waals surface area contributed by atoms with Gasteiger partial charge in [-0.1, -0.05) is 0 Å². The predicted octanol–water partition coefficient (Wildman–Crippen LogP) is 3.32. The summed E-state index contributed by atoms with van der Waals surface area (Å²) >= 11 is 0. The molecule has 0 aliphatic heterocycles. The highest BCUT2D eigenvalue weighted by Crippen LogP contribution is 2.43. The van der Waals surface area contributed by atoms with Crippen LogP contribution < -0.4 is 0 Å². The van der Waals surface area contributed by atoms with Crippen molar-refractivity contribution in [3.63, 3.8) is 0 Å². The Balaban J connectivity index is 3.73. The van der Waals surface area contributed by atoms with Crippen LogP contribution in [-0.2, 0) is 16.3 Å². The topological polar surface area (TPSA) is 74.6 Å². The molecule has 120 valence electrons. The molecule has 0 amide bonds. The van der Waals surface area contributed by atoms with Crippen molar-refractivity contribution in [3.8, 4) is 5.75 Å². The van der Waals surface area contributed by atoms with Gasteiger partial charge in [-0.3, -0.25) is 4.55 Å². The van der Waals surface area contributed by atoms with E-state index in [4.69, 9.17) is 9.66 Å². The van der Waals surface area contributed by atoms with Crippen molar-refractivity contribution < 1.29 is 44.4 Å². The number of hydrogen-bond donors (Lipinski definition) is 2. The minimum atomic E-state index is -5.25. The lowest BCUT2D eigenvalue weighted by molar-refractivity contribution is -0.148. The number of alkyl halides is 6. The number of benzene rings is 1. The normalized spacial score (nSPS) is 15.0. The summed E-state index contributed by atoms with van der Waals surface area (Å²) in [6, 6.07) is -0.202. The first kappa shape index (κ1) is 17.6. The zero-order valence-corrected chi connectivity index (χ0v) is 10.9. The Morgan fingerprint density at radius 3 is 1.90 bits per heavy atom. The molecule has 4 nitrogen and oxygen atoms in total. The Morgan fingerprint density at radius 2 is 1.57 bits per heavy atom. The van der Waals surface area contributed by atoms with Crippen molar-refractivity contribution in [3.05, 3.63) is 23.3 Å². The van der Waals surface area contributed by atoms with E-state index in [0.29, 0.717) is 6.92 Å². The van der Waals surface area contributed by atoms with Crippen LogP contribution in [0.25, 0.3) is 0 Å². The van der Waals surface area contributed by atoms with Gasteiger partial charge in [-0.15, -0.1) is 0 Å². The lowest BCUT2D eigenvalue weighted by Crippen LogP contribution is -2.21. The van der Waals surface area contributed by atoms with Crippen LogP contribution in [0.1, 0.15) is 24.0 Å². The molecule has 0 fully saturated rings. The summed E-state index contributed by atoms with van der Waals surface area (Å²) in [6.45, 7) is 0.432. The second kappa shape index (κ2) is 5.05. The summed E-state index contributed by atoms with van der Waals surface area (Å²) in [4.78, 5) is -1.43. The third kappa shape index (κ3) is 3.79. The molecule has 1 aromatic rings. The number of hydrogen-bond acceptors (Lipinski definition) is 3. The minimum absolute atomic E-state index is 0.0598. The zero-order valence-electron chi connectivity index (χ0n) is 10.1. The molecule has 2 N–H and O–H groups in total. The van der Waals surface area contributed by atoms with Gasteiger partial charge in [-0.25, -0.2) is 0 Å². The van der Waals surface area contributed by atoms with Crippen LogP contribution in [0.5, 0.6) is 5.75 Å². The first-order chi connectivity index (χ1) is 9.15. The Kier molecular flexibility index (Phi) is 4.23. The molecule has 0 aromatic heterocycles. The van der Waals surface area contributed by atoms with E-state index in [2.05, 4.69) is 0 Å². The van der Waals surface area contributed by atoms with Gasteiger partial charge in [0.1, 0.15) is 10.6 Å². The second-order valence-corrected chi connectivity index (χ2v) is 5.53. The summed E-state index contributed by atoms with van der Waals surface area (Å²) in [7, 11) is -5.25. The van der Waals surface area contributed by atoms with Gasteiger partial charge < -0.3 is 5.11 Å². The van der Waals surface area contributed by atoms with E-state index in [1.165, 1.54) is 0 Å². The van der Waals surface area contributed by atoms with Crippen molar-refractivity contribution in [1.82, 2.24) is 0 Å². The molecule has 1 aromatic carbocycles. The van der Waals surface area contributed by atoms with Crippen LogP contribution in [0.4, 0.5) is 26.3 Å². The summed E-state index contributed by atoms with van der Waals surface area (Å²) in [5.41, 5.74) is -3.14. The zero-order chi connectivity index (χ0) is 16.8. The molecule has 0 spiro atoms. The van der Waals surface area contributed by atoms with Gasteiger partial charge in [0.05, 0.1) is 11.5 Å². The molecule has 0 aliphatic rings. The predicted molar refractivity (Wildman–Crippen MR) is 57.4 cm³/mol. The highest BCUT2D eigenvalue weighted by molar-refractivity contribution is 7.85. The molecule has 0 saturated heterocycles. The fourth-order valence-electron chi connectivity index (χ4n) is 1.55. The Morgan fingerprint density at radius 1 is 1.10 bits per heavy atom. The van der Waals surface area contributed by atoms with Crippen molar-refractivity contribution in [2.45, 2.75) is 30.1 Å². The molecular formula is C10H8F6O4S. The maximum Gasteiger partial charge on any atom is 0.419 e. The van der Waals surface area contributed by atoms with E-state index in [1.54, 1.807) is 0 Å². The third-order valence-electron chi connectivity index (χ3n) is 2.67. The summed E-state index contributed by atoms with van der Waals surface area (Å²) in [5, 5.41) is 9.12. The average Bonchev–Trinajstić information content (AvgIpc) is 2.23. The van der Waals surface area contributed by atoms with E-state index in [1.807, 2.05) is 0 Å². The number of phenols is 1. The quantitative estimate of drug-likeness (QED) is 0.641. The van der Waals surface area contributed by atoms with Crippen molar-refractivity contribution in [2.75, 3.05) is 0 Å². The third-order valence-corrected chi connectivity index (χ3v) is 3.58. The SMILES string of the molecule is CC(c1cc(C(F)(F)F)c(O)cc1S(=O)(=O)O)C(F)(F)F. The van der Waals surface area contributed by atoms with Gasteiger partial charge in [-0.05, 0) is 18.6 Å². The number of phenolic OH excluding ortho intramolecular Hbond substituents is 1. The molecule has 0 aliphatic carbocycles. The highest BCUT2D eigenvalue weighted by atomic mass is 32.2. The molecule has 21 heavy (non-hydrogen) atoms. The Hall–Kier alpha value is -1.49. The van der Waals surface area contributed by atoms with Crippen LogP contribution in [0.2, 0.25) is 0 Å². The van der Waals surface area contributed by atoms with E-state index in [-0.39, 0.29) is 12.1 Å². The molecule has 1 atom stereocenters. The van der Waals surface area contributed by atoms with Crippen LogP contribution >= 0.6 is 0 Å². The van der Waals surface area contributed by atoms with Crippen LogP contribution in [0.3, 0.4) is 0 Å². The molecule has 1 unspecified atom stereocenters. The molecule has 0 saturated carbocycles. The van der Waals surface area contributed by atoms with Crippen molar-refractivity contribution in [1.29, 1.82) is 0 Å². The van der Waals surface area contributed by atoms with E-state index in [9.17, 15) is 34.8 Å². The van der Waals surface area contributed by atoms with E-state index in [0.717, 1.165) is 0 Å². The van der Waals surface area contributed by atoms with E-state index >= 15 is 0 Å². The monoisotopic (exact) mass is 338 g/mol. The first-order valence-corrected chi connectivity index (χ1v) is 6.58. The van der Waals surface area contributed by atoms with Gasteiger partial charge >= 0.3 is 12.4 Å². The fourth-order valence-corrected chi connectivity index (χ4v) is 2.35. The summed E-state index contributed by atoms with van der Waals surface area (Å²) < 4.78 is 106. The number of aromatic hydroxyl groups is 1. The maximum absolute atomic E-state index is 12.6. The Labute approximate surface area is 114 Å². The molecule has 1 rings (SSSR count). The molecule has 0 heterocycles. The lowest BCUT2D eigenvalue weighted by atomic mass is 9.97. The van der Waals surface area contributed by atoms with Gasteiger partial charge in [0.25, 0.3) is 10.1 Å². The van der Waals surface area contributed by atoms with Gasteiger partial charge in [-0.2, -0.15) is 34.8 Å². The van der Waals surface area contributed by atoms with E-state index < -0.39 is 50.2 Å². The van der Waals surface area contributed by atoms with Crippen LogP contribution in [0.15, 0.2) is 17.0 Å². The van der Waals surface area contributed by atoms with Crippen molar-refractivity contribution >= 4 is 10.1 Å². The smallest absolute Gasteiger partial charge is 0.419 e. The van der Waals surface area contributed by atoms with Crippen LogP contribution in [-0.4, -0.2) is 24.3 Å². The largest absolute Gasteiger partial charge is 0.507 e. The number of rotatable bonds is 2. The molecular weight excluding hydrogens is 330 g/mol. The van der Waals surface area contributed by atoms with Crippen molar-refractivity contribution in [2.24, 2.45) is 0 Å².